The zero-order chi connectivity index (χ0) is 11.8. The van der Waals surface area contributed by atoms with E-state index in [2.05, 4.69) is 0 Å². The van der Waals surface area contributed by atoms with E-state index in [1.54, 1.807) is 20.9 Å². The molecule has 15 heavy (non-hydrogen) atoms. The van der Waals surface area contributed by atoms with E-state index in [1.165, 1.54) is 4.90 Å². The van der Waals surface area contributed by atoms with Crippen LogP contribution < -0.4 is 0 Å². The molecule has 1 heterocycles. The highest BCUT2D eigenvalue weighted by Crippen LogP contribution is 2.21. The molecule has 1 saturated heterocycles. The minimum Gasteiger partial charge on any atom is -0.474 e. The van der Waals surface area contributed by atoms with Crippen molar-refractivity contribution in [3.63, 3.8) is 0 Å². The first kappa shape index (κ1) is 11.5. The van der Waals surface area contributed by atoms with Crippen LogP contribution in [0.1, 0.15) is 13.8 Å². The number of carbonyl (C=O) groups is 3. The molecule has 6 heteroatoms. The van der Waals surface area contributed by atoms with Gasteiger partial charge in [-0.15, -0.1) is 0 Å². The molecule has 6 nitrogen and oxygen atoms in total. The number of carboxylic acids is 1. The van der Waals surface area contributed by atoms with Crippen molar-refractivity contribution < 1.29 is 19.5 Å². The Bertz CT molecular complexity index is 324. The summed E-state index contributed by atoms with van der Waals surface area (Å²) in [6.45, 7) is 3.71. The van der Waals surface area contributed by atoms with Crippen LogP contribution in [0.2, 0.25) is 0 Å². The summed E-state index contributed by atoms with van der Waals surface area (Å²) in [5.74, 6) is -2.80. The first-order valence-electron chi connectivity index (χ1n) is 4.59. The van der Waals surface area contributed by atoms with Crippen molar-refractivity contribution in [2.45, 2.75) is 19.4 Å². The third-order valence-electron chi connectivity index (χ3n) is 2.63. The summed E-state index contributed by atoms with van der Waals surface area (Å²) in [5.41, 5.74) is -1.08. The first-order valence-corrected chi connectivity index (χ1v) is 4.59. The molecule has 0 atom stereocenters. The fraction of sp³-hybridized carbons (Fsp3) is 0.667. The van der Waals surface area contributed by atoms with E-state index in [0.717, 1.165) is 4.90 Å². The van der Waals surface area contributed by atoms with E-state index in [4.69, 9.17) is 5.11 Å². The zero-order valence-electron chi connectivity index (χ0n) is 8.98. The lowest BCUT2D eigenvalue weighted by molar-refractivity contribution is -0.166. The molecule has 2 amide bonds. The Hall–Kier alpha value is -1.59. The van der Waals surface area contributed by atoms with E-state index in [9.17, 15) is 14.4 Å². The molecular weight excluding hydrogens is 200 g/mol. The van der Waals surface area contributed by atoms with Gasteiger partial charge in [-0.05, 0) is 13.8 Å². The molecule has 0 aromatic carbocycles. The van der Waals surface area contributed by atoms with Crippen LogP contribution in [0.4, 0.5) is 0 Å². The molecule has 84 valence electrons. The Morgan fingerprint density at radius 3 is 2.33 bits per heavy atom. The molecule has 1 fully saturated rings. The number of amides is 2. The van der Waals surface area contributed by atoms with Crippen LogP contribution in [-0.2, 0) is 14.4 Å². The number of rotatable bonds is 0. The first-order chi connectivity index (χ1) is 6.78. The average Bonchev–Trinajstić information content (AvgIpc) is 2.13. The molecule has 0 saturated carbocycles. The van der Waals surface area contributed by atoms with Gasteiger partial charge in [0, 0.05) is 20.1 Å². The Balaban J connectivity index is 2.97. The molecule has 0 aromatic heterocycles. The Morgan fingerprint density at radius 1 is 1.33 bits per heavy atom. The lowest BCUT2D eigenvalue weighted by Crippen LogP contribution is -2.64. The Labute approximate surface area is 87.5 Å². The number of piperazine rings is 1. The number of hydrogen-bond donors (Lipinski definition) is 1. The summed E-state index contributed by atoms with van der Waals surface area (Å²) in [6.07, 6.45) is 0. The van der Waals surface area contributed by atoms with E-state index in [1.807, 2.05) is 0 Å². The summed E-state index contributed by atoms with van der Waals surface area (Å²) in [4.78, 5) is 36.2. The van der Waals surface area contributed by atoms with Crippen LogP contribution in [0, 0.1) is 0 Å². The minimum atomic E-state index is -1.53. The maximum Gasteiger partial charge on any atom is 0.394 e. The van der Waals surface area contributed by atoms with Crippen LogP contribution in [0.5, 0.6) is 0 Å². The van der Waals surface area contributed by atoms with Crippen molar-refractivity contribution in [2.24, 2.45) is 0 Å². The predicted octanol–water partition coefficient (Wildman–Crippen LogP) is -0.850. The van der Waals surface area contributed by atoms with Gasteiger partial charge in [-0.2, -0.15) is 0 Å². The monoisotopic (exact) mass is 214 g/mol. The summed E-state index contributed by atoms with van der Waals surface area (Å²) < 4.78 is 0. The quantitative estimate of drug-likeness (QED) is 0.533. The van der Waals surface area contributed by atoms with Gasteiger partial charge < -0.3 is 14.9 Å². The highest BCUT2D eigenvalue weighted by molar-refractivity contribution is 6.32. The number of carbonyl (C=O) groups excluding carboxylic acids is 2. The van der Waals surface area contributed by atoms with E-state index < -0.39 is 17.4 Å². The molecule has 0 unspecified atom stereocenters. The standard InChI is InChI=1S/C9H14N2O4/c1-9(2)8(15)10(3)4-5-11(9)6(12)7(13)14/h4-5H2,1-3H3,(H,13,14). The molecule has 1 aliphatic heterocycles. The third kappa shape index (κ3) is 1.79. The largest absolute Gasteiger partial charge is 0.474 e. The van der Waals surface area contributed by atoms with Gasteiger partial charge in [-0.3, -0.25) is 9.59 Å². The summed E-state index contributed by atoms with van der Waals surface area (Å²) in [5, 5.41) is 8.60. The Kier molecular flexibility index (Phi) is 2.70. The van der Waals surface area contributed by atoms with Gasteiger partial charge in [-0.1, -0.05) is 0 Å². The molecule has 0 radical (unpaired) electrons. The second-order valence-electron chi connectivity index (χ2n) is 4.05. The van der Waals surface area contributed by atoms with Crippen LogP contribution in [0.15, 0.2) is 0 Å². The van der Waals surface area contributed by atoms with Gasteiger partial charge in [0.05, 0.1) is 0 Å². The van der Waals surface area contributed by atoms with Crippen molar-refractivity contribution in [1.82, 2.24) is 9.80 Å². The van der Waals surface area contributed by atoms with E-state index >= 15 is 0 Å². The SMILES string of the molecule is CN1CCN(C(=O)C(=O)O)C(C)(C)C1=O. The number of aliphatic carboxylic acids is 1. The van der Waals surface area contributed by atoms with Crippen molar-refractivity contribution in [3.05, 3.63) is 0 Å². The maximum atomic E-state index is 11.7. The van der Waals surface area contributed by atoms with Crippen LogP contribution in [-0.4, -0.2) is 58.4 Å². The Morgan fingerprint density at radius 2 is 1.87 bits per heavy atom. The molecule has 0 aliphatic carbocycles. The van der Waals surface area contributed by atoms with Crippen LogP contribution >= 0.6 is 0 Å². The fourth-order valence-corrected chi connectivity index (χ4v) is 1.68. The smallest absolute Gasteiger partial charge is 0.394 e. The normalized spacial score (nSPS) is 20.3. The average molecular weight is 214 g/mol. The lowest BCUT2D eigenvalue weighted by atomic mass is 9.98. The van der Waals surface area contributed by atoms with Gasteiger partial charge in [-0.25, -0.2) is 4.79 Å². The summed E-state index contributed by atoms with van der Waals surface area (Å²) in [6, 6.07) is 0. The molecule has 0 bridgehead atoms. The number of likely N-dealkylation sites (N-methyl/N-ethyl adjacent to an activating group) is 1. The lowest BCUT2D eigenvalue weighted by Gasteiger charge is -2.43. The maximum absolute atomic E-state index is 11.7. The van der Waals surface area contributed by atoms with Gasteiger partial charge in [0.1, 0.15) is 5.54 Å². The second kappa shape index (κ2) is 3.52. The van der Waals surface area contributed by atoms with Crippen molar-refractivity contribution >= 4 is 17.8 Å². The molecule has 1 rings (SSSR count). The van der Waals surface area contributed by atoms with E-state index in [0.29, 0.717) is 6.54 Å². The number of carboxylic acid groups (broad SMARTS) is 1. The molecular formula is C9H14N2O4. The topological polar surface area (TPSA) is 77.9 Å². The van der Waals surface area contributed by atoms with Crippen LogP contribution in [0.3, 0.4) is 0 Å². The van der Waals surface area contributed by atoms with Gasteiger partial charge >= 0.3 is 11.9 Å². The number of hydrogen-bond acceptors (Lipinski definition) is 3. The van der Waals surface area contributed by atoms with Gasteiger partial charge in [0.2, 0.25) is 5.91 Å². The van der Waals surface area contributed by atoms with E-state index in [-0.39, 0.29) is 12.5 Å². The minimum absolute atomic E-state index is 0.247. The van der Waals surface area contributed by atoms with Gasteiger partial charge in [0.25, 0.3) is 0 Å². The molecule has 0 spiro atoms. The summed E-state index contributed by atoms with van der Waals surface area (Å²) >= 11 is 0. The highest BCUT2D eigenvalue weighted by atomic mass is 16.4. The third-order valence-corrected chi connectivity index (χ3v) is 2.63. The predicted molar refractivity (Wildman–Crippen MR) is 51.1 cm³/mol. The fourth-order valence-electron chi connectivity index (χ4n) is 1.68. The highest BCUT2D eigenvalue weighted by Gasteiger charge is 2.44. The molecule has 0 aromatic rings. The van der Waals surface area contributed by atoms with Crippen molar-refractivity contribution in [2.75, 3.05) is 20.1 Å². The van der Waals surface area contributed by atoms with Crippen LogP contribution in [0.25, 0.3) is 0 Å². The zero-order valence-corrected chi connectivity index (χ0v) is 8.98. The molecule has 1 aliphatic rings. The molecule has 1 N–H and O–H groups in total. The van der Waals surface area contributed by atoms with Crippen molar-refractivity contribution in [1.29, 1.82) is 0 Å². The van der Waals surface area contributed by atoms with Gasteiger partial charge in [0.15, 0.2) is 0 Å². The number of nitrogens with zero attached hydrogens (tertiary/aromatic N) is 2. The van der Waals surface area contributed by atoms with Crippen molar-refractivity contribution in [3.8, 4) is 0 Å². The summed E-state index contributed by atoms with van der Waals surface area (Å²) in [7, 11) is 1.63. The second-order valence-corrected chi connectivity index (χ2v) is 4.05.